The molecule has 0 aliphatic rings. The first-order valence-corrected chi connectivity index (χ1v) is 13.0. The van der Waals surface area contributed by atoms with Crippen molar-refractivity contribution in [3.05, 3.63) is 83.2 Å². The second kappa shape index (κ2) is 11.4. The minimum atomic E-state index is -4.62. The van der Waals surface area contributed by atoms with Crippen LogP contribution >= 0.6 is 0 Å². The fourth-order valence-electron chi connectivity index (χ4n) is 4.27. The number of nitrogens with zero attached hydrogens (tertiary/aromatic N) is 3. The largest absolute Gasteiger partial charge is 0.459 e. The average Bonchev–Trinajstić information content (AvgIpc) is 3.38. The van der Waals surface area contributed by atoms with Gasteiger partial charge < -0.3 is 9.26 Å². The van der Waals surface area contributed by atoms with Gasteiger partial charge in [0.05, 0.1) is 5.56 Å². The van der Waals surface area contributed by atoms with Crippen LogP contribution in [0.5, 0.6) is 0 Å². The van der Waals surface area contributed by atoms with Crippen molar-refractivity contribution in [1.29, 1.82) is 0 Å². The third-order valence-corrected chi connectivity index (χ3v) is 6.57. The lowest BCUT2D eigenvalue weighted by Crippen LogP contribution is -2.40. The van der Waals surface area contributed by atoms with Crippen molar-refractivity contribution in [2.24, 2.45) is 0 Å². The molecule has 1 aromatic heterocycles. The maximum absolute atomic E-state index is 15.0. The van der Waals surface area contributed by atoms with Crippen molar-refractivity contribution in [2.75, 3.05) is 7.05 Å². The summed E-state index contributed by atoms with van der Waals surface area (Å²) in [4.78, 5) is 18.3. The van der Waals surface area contributed by atoms with Gasteiger partial charge in [-0.25, -0.2) is 4.39 Å². The van der Waals surface area contributed by atoms with Crippen molar-refractivity contribution >= 4 is 5.97 Å². The minimum Gasteiger partial charge on any atom is -0.459 e. The van der Waals surface area contributed by atoms with E-state index in [0.717, 1.165) is 6.07 Å². The van der Waals surface area contributed by atoms with Gasteiger partial charge in [-0.3, -0.25) is 9.69 Å². The van der Waals surface area contributed by atoms with E-state index in [2.05, 4.69) is 10.1 Å². The topological polar surface area (TPSA) is 68.5 Å². The van der Waals surface area contributed by atoms with E-state index in [1.54, 1.807) is 76.9 Å². The van der Waals surface area contributed by atoms with Crippen molar-refractivity contribution in [3.63, 3.8) is 0 Å². The lowest BCUT2D eigenvalue weighted by molar-refractivity contribution is -0.160. The molecule has 0 saturated heterocycles. The molecule has 10 heteroatoms. The fourth-order valence-corrected chi connectivity index (χ4v) is 4.27. The lowest BCUT2D eigenvalue weighted by Gasteiger charge is -2.27. The highest BCUT2D eigenvalue weighted by atomic mass is 19.4. The third kappa shape index (κ3) is 7.00. The molecule has 4 aromatic rings. The van der Waals surface area contributed by atoms with Crippen LogP contribution in [0.25, 0.3) is 34.0 Å². The van der Waals surface area contributed by atoms with Gasteiger partial charge >= 0.3 is 12.1 Å². The molecule has 6 nitrogen and oxygen atoms in total. The van der Waals surface area contributed by atoms with Crippen LogP contribution in [0.3, 0.4) is 0 Å². The number of ether oxygens (including phenoxy) is 1. The molecule has 0 bridgehead atoms. The van der Waals surface area contributed by atoms with Crippen LogP contribution in [0.15, 0.2) is 65.2 Å². The zero-order chi connectivity index (χ0) is 30.1. The van der Waals surface area contributed by atoms with E-state index in [-0.39, 0.29) is 35.0 Å². The Hall–Kier alpha value is -4.05. The second-order valence-electron chi connectivity index (χ2n) is 10.9. The highest BCUT2D eigenvalue weighted by Crippen LogP contribution is 2.40. The van der Waals surface area contributed by atoms with Crippen molar-refractivity contribution in [1.82, 2.24) is 15.0 Å². The van der Waals surface area contributed by atoms with Crippen LogP contribution in [0.2, 0.25) is 0 Å². The standard InChI is InChI=1S/C31H31F4N3O3/c1-18-9-7-8-10-23(18)24-14-13-21(15-25(24)31(33,34)35)28-36-27(37-41-28)20-11-12-22(26(32)16-20)17-38(6)19(2)29(39)40-30(3,4)5/h7-16,19H,17H2,1-6H3/t19-/m0/s1. The van der Waals surface area contributed by atoms with Gasteiger partial charge in [-0.1, -0.05) is 47.6 Å². The maximum Gasteiger partial charge on any atom is 0.417 e. The Morgan fingerprint density at radius 1 is 1.00 bits per heavy atom. The van der Waals surface area contributed by atoms with Crippen molar-refractivity contribution in [2.45, 2.75) is 59.0 Å². The smallest absolute Gasteiger partial charge is 0.417 e. The molecule has 3 aromatic carbocycles. The van der Waals surface area contributed by atoms with Crippen LogP contribution in [0, 0.1) is 12.7 Å². The van der Waals surface area contributed by atoms with E-state index in [1.165, 1.54) is 24.3 Å². The summed E-state index contributed by atoms with van der Waals surface area (Å²) >= 11 is 0. The number of esters is 1. The van der Waals surface area contributed by atoms with Crippen LogP contribution in [0.1, 0.15) is 44.4 Å². The fraction of sp³-hybridized carbons (Fsp3) is 0.323. The van der Waals surface area contributed by atoms with E-state index < -0.39 is 35.2 Å². The molecule has 0 amide bonds. The van der Waals surface area contributed by atoms with Gasteiger partial charge in [0.15, 0.2) is 0 Å². The SMILES string of the molecule is Cc1ccccc1-c1ccc(-c2nc(-c3ccc(CN(C)[C@@H](C)C(=O)OC(C)(C)C)c(F)c3)no2)cc1C(F)(F)F. The van der Waals surface area contributed by atoms with Gasteiger partial charge in [0.2, 0.25) is 5.82 Å². The Morgan fingerprint density at radius 3 is 2.32 bits per heavy atom. The highest BCUT2D eigenvalue weighted by Gasteiger charge is 2.35. The summed E-state index contributed by atoms with van der Waals surface area (Å²) in [6.07, 6.45) is -4.62. The molecule has 0 fully saturated rings. The summed E-state index contributed by atoms with van der Waals surface area (Å²) in [5.74, 6) is -1.08. The zero-order valence-electron chi connectivity index (χ0n) is 23.6. The maximum atomic E-state index is 15.0. The number of rotatable bonds is 7. The molecule has 0 spiro atoms. The molecule has 4 rings (SSSR count). The molecular formula is C31H31F4N3O3. The normalized spacial score (nSPS) is 13.0. The first-order valence-electron chi connectivity index (χ1n) is 13.0. The number of likely N-dealkylation sites (N-methyl/N-ethyl adjacent to an activating group) is 1. The van der Waals surface area contributed by atoms with Gasteiger partial charge in [-0.05, 0) is 76.6 Å². The van der Waals surface area contributed by atoms with Crippen LogP contribution in [-0.2, 0) is 22.3 Å². The van der Waals surface area contributed by atoms with Crippen molar-refractivity contribution in [3.8, 4) is 34.0 Å². The Morgan fingerprint density at radius 2 is 1.68 bits per heavy atom. The predicted molar refractivity (Wildman–Crippen MR) is 147 cm³/mol. The molecule has 1 heterocycles. The van der Waals surface area contributed by atoms with Gasteiger partial charge in [0.1, 0.15) is 17.5 Å². The first kappa shape index (κ1) is 29.9. The van der Waals surface area contributed by atoms with Gasteiger partial charge in [-0.15, -0.1) is 0 Å². The Labute approximate surface area is 235 Å². The quantitative estimate of drug-likeness (QED) is 0.168. The number of aromatic nitrogens is 2. The van der Waals surface area contributed by atoms with E-state index in [1.807, 2.05) is 0 Å². The van der Waals surface area contributed by atoms with Crippen LogP contribution in [0.4, 0.5) is 17.6 Å². The van der Waals surface area contributed by atoms with Crippen LogP contribution < -0.4 is 0 Å². The number of hydrogen-bond acceptors (Lipinski definition) is 6. The first-order chi connectivity index (χ1) is 19.1. The van der Waals surface area contributed by atoms with Crippen molar-refractivity contribution < 1.29 is 31.6 Å². The summed E-state index contributed by atoms with van der Waals surface area (Å²) in [7, 11) is 1.69. The van der Waals surface area contributed by atoms with E-state index in [0.29, 0.717) is 16.7 Å². The van der Waals surface area contributed by atoms with Gasteiger partial charge in [0.25, 0.3) is 5.89 Å². The molecule has 0 saturated carbocycles. The summed E-state index contributed by atoms with van der Waals surface area (Å²) < 4.78 is 67.8. The summed E-state index contributed by atoms with van der Waals surface area (Å²) in [5, 5.41) is 3.86. The molecule has 0 radical (unpaired) electrons. The van der Waals surface area contributed by atoms with Gasteiger partial charge in [0, 0.05) is 23.2 Å². The number of aryl methyl sites for hydroxylation is 1. The number of halogens is 4. The van der Waals surface area contributed by atoms with E-state index >= 15 is 4.39 Å². The Bertz CT molecular complexity index is 1560. The number of carbonyl (C=O) groups excluding carboxylic acids is 1. The monoisotopic (exact) mass is 569 g/mol. The lowest BCUT2D eigenvalue weighted by atomic mass is 9.94. The molecule has 0 N–H and O–H groups in total. The average molecular weight is 570 g/mol. The highest BCUT2D eigenvalue weighted by molar-refractivity contribution is 5.76. The van der Waals surface area contributed by atoms with E-state index in [4.69, 9.17) is 9.26 Å². The number of hydrogen-bond donors (Lipinski definition) is 0. The number of alkyl halides is 3. The molecule has 1 atom stereocenters. The predicted octanol–water partition coefficient (Wildman–Crippen LogP) is 7.70. The second-order valence-corrected chi connectivity index (χ2v) is 10.9. The zero-order valence-corrected chi connectivity index (χ0v) is 23.6. The molecule has 0 aliphatic carbocycles. The molecule has 0 unspecified atom stereocenters. The minimum absolute atomic E-state index is 0.0254. The third-order valence-electron chi connectivity index (χ3n) is 6.57. The summed E-state index contributed by atoms with van der Waals surface area (Å²) in [5.41, 5.74) is 0.463. The van der Waals surface area contributed by atoms with E-state index in [9.17, 15) is 18.0 Å². The molecular weight excluding hydrogens is 538 g/mol. The summed E-state index contributed by atoms with van der Waals surface area (Å²) in [6, 6.07) is 14.4. The number of carbonyl (C=O) groups is 1. The molecule has 216 valence electrons. The molecule has 41 heavy (non-hydrogen) atoms. The Balaban J connectivity index is 1.56. The van der Waals surface area contributed by atoms with Gasteiger partial charge in [-0.2, -0.15) is 18.2 Å². The molecule has 0 aliphatic heterocycles. The number of benzene rings is 3. The Kier molecular flexibility index (Phi) is 8.35. The van der Waals surface area contributed by atoms with Crippen LogP contribution in [-0.4, -0.2) is 39.7 Å². The summed E-state index contributed by atoms with van der Waals surface area (Å²) in [6.45, 7) is 8.88.